The number of nitrogens with one attached hydrogen (secondary N) is 1. The van der Waals surface area contributed by atoms with E-state index in [1.165, 1.54) is 34.9 Å². The zero-order valence-corrected chi connectivity index (χ0v) is 15.1. The molecule has 1 N–H and O–H groups in total. The van der Waals surface area contributed by atoms with Gasteiger partial charge in [-0.05, 0) is 63.7 Å². The van der Waals surface area contributed by atoms with Crippen LogP contribution in [0.2, 0.25) is 0 Å². The Labute approximate surface area is 144 Å². The van der Waals surface area contributed by atoms with Gasteiger partial charge in [0.25, 0.3) is 0 Å². The number of aromatic amines is 1. The third-order valence-corrected chi connectivity index (χ3v) is 4.76. The Morgan fingerprint density at radius 1 is 1.17 bits per heavy atom. The monoisotopic (exact) mass is 321 g/mol. The van der Waals surface area contributed by atoms with E-state index in [4.69, 9.17) is 0 Å². The Morgan fingerprint density at radius 3 is 2.71 bits per heavy atom. The molecule has 0 aliphatic carbocycles. The summed E-state index contributed by atoms with van der Waals surface area (Å²) in [6.45, 7) is 4.30. The highest BCUT2D eigenvalue weighted by molar-refractivity contribution is 5.87. The molecule has 3 nitrogen and oxygen atoms in total. The smallest absolute Gasteiger partial charge is 0.0705 e. The van der Waals surface area contributed by atoms with Crippen LogP contribution in [0.4, 0.5) is 0 Å². The second kappa shape index (κ2) is 7.18. The summed E-state index contributed by atoms with van der Waals surface area (Å²) in [4.78, 5) is 10.4. The Balaban J connectivity index is 1.97. The lowest BCUT2D eigenvalue weighted by atomic mass is 9.99. The molecule has 24 heavy (non-hydrogen) atoms. The predicted molar refractivity (Wildman–Crippen MR) is 102 cm³/mol. The molecule has 0 aliphatic heterocycles. The fourth-order valence-electron chi connectivity index (χ4n) is 3.34. The van der Waals surface area contributed by atoms with Crippen molar-refractivity contribution in [1.29, 1.82) is 0 Å². The van der Waals surface area contributed by atoms with E-state index in [-0.39, 0.29) is 0 Å². The maximum absolute atomic E-state index is 4.66. The minimum absolute atomic E-state index is 0.578. The van der Waals surface area contributed by atoms with Gasteiger partial charge in [0, 0.05) is 34.4 Å². The number of nitrogens with zero attached hydrogens (tertiary/aromatic N) is 2. The summed E-state index contributed by atoms with van der Waals surface area (Å²) < 4.78 is 0. The maximum atomic E-state index is 4.66. The molecule has 1 atom stereocenters. The number of likely N-dealkylation sites (N-methyl/N-ethyl adjacent to an activating group) is 1. The van der Waals surface area contributed by atoms with E-state index >= 15 is 0 Å². The third kappa shape index (κ3) is 3.51. The van der Waals surface area contributed by atoms with E-state index in [0.717, 1.165) is 17.8 Å². The van der Waals surface area contributed by atoms with Crippen molar-refractivity contribution in [2.24, 2.45) is 0 Å². The molecule has 0 unspecified atom stereocenters. The Hall–Kier alpha value is -2.13. The van der Waals surface area contributed by atoms with E-state index in [0.29, 0.717) is 6.04 Å². The highest BCUT2D eigenvalue weighted by atomic mass is 15.1. The first-order chi connectivity index (χ1) is 11.6. The Bertz CT molecular complexity index is 817. The topological polar surface area (TPSA) is 31.9 Å². The first kappa shape index (κ1) is 16.7. The second-order valence-corrected chi connectivity index (χ2v) is 6.85. The highest BCUT2D eigenvalue weighted by Gasteiger charge is 2.14. The molecule has 3 rings (SSSR count). The van der Waals surface area contributed by atoms with Crippen LogP contribution in [0.25, 0.3) is 22.2 Å². The van der Waals surface area contributed by atoms with Crippen LogP contribution in [0.1, 0.15) is 31.0 Å². The summed E-state index contributed by atoms with van der Waals surface area (Å²) in [5, 5.41) is 1.32. The summed E-state index contributed by atoms with van der Waals surface area (Å²) in [5.74, 6) is 0. The normalized spacial score (nSPS) is 12.9. The number of pyridine rings is 1. The van der Waals surface area contributed by atoms with Crippen molar-refractivity contribution in [2.75, 3.05) is 14.1 Å². The van der Waals surface area contributed by atoms with Crippen LogP contribution < -0.4 is 0 Å². The Kier molecular flexibility index (Phi) is 5.00. The van der Waals surface area contributed by atoms with Crippen LogP contribution in [0.3, 0.4) is 0 Å². The molecule has 126 valence electrons. The van der Waals surface area contributed by atoms with Crippen molar-refractivity contribution >= 4 is 10.9 Å². The van der Waals surface area contributed by atoms with Crippen LogP contribution in [0, 0.1) is 6.92 Å². The van der Waals surface area contributed by atoms with Gasteiger partial charge in [0.15, 0.2) is 0 Å². The molecule has 0 saturated heterocycles. The van der Waals surface area contributed by atoms with Crippen LogP contribution in [0.15, 0.2) is 42.6 Å². The van der Waals surface area contributed by atoms with Crippen molar-refractivity contribution < 1.29 is 0 Å². The van der Waals surface area contributed by atoms with Gasteiger partial charge in [0.1, 0.15) is 0 Å². The first-order valence-electron chi connectivity index (χ1n) is 8.79. The molecule has 0 amide bonds. The van der Waals surface area contributed by atoms with Gasteiger partial charge in [0.05, 0.1) is 5.69 Å². The summed E-state index contributed by atoms with van der Waals surface area (Å²) >= 11 is 0. The average Bonchev–Trinajstić information content (AvgIpc) is 2.96. The van der Waals surface area contributed by atoms with Gasteiger partial charge in [-0.3, -0.25) is 4.98 Å². The van der Waals surface area contributed by atoms with E-state index in [9.17, 15) is 0 Å². The number of aryl methyl sites for hydroxylation is 1. The molecule has 0 bridgehead atoms. The van der Waals surface area contributed by atoms with Gasteiger partial charge >= 0.3 is 0 Å². The lowest BCUT2D eigenvalue weighted by Crippen LogP contribution is -2.29. The SMILES string of the molecule is CCC[C@H](Cc1c[nH]c2ccc(-c3cccc(C)n3)cc12)N(C)C. The zero-order valence-electron chi connectivity index (χ0n) is 15.1. The second-order valence-electron chi connectivity index (χ2n) is 6.85. The van der Waals surface area contributed by atoms with Gasteiger partial charge in [-0.1, -0.05) is 25.5 Å². The highest BCUT2D eigenvalue weighted by Crippen LogP contribution is 2.27. The molecule has 0 radical (unpaired) electrons. The molecule has 3 aromatic rings. The van der Waals surface area contributed by atoms with Crippen LogP contribution in [-0.4, -0.2) is 35.0 Å². The van der Waals surface area contributed by atoms with E-state index in [1.54, 1.807) is 0 Å². The van der Waals surface area contributed by atoms with Crippen molar-refractivity contribution in [1.82, 2.24) is 14.9 Å². The van der Waals surface area contributed by atoms with E-state index < -0.39 is 0 Å². The number of H-pyrrole nitrogens is 1. The standard InChI is InChI=1S/C21H27N3/c1-5-7-18(24(3)4)12-17-14-22-21-11-10-16(13-19(17)21)20-9-6-8-15(2)23-20/h6,8-11,13-14,18,22H,5,7,12H2,1-4H3/t18-/m1/s1. The van der Waals surface area contributed by atoms with Crippen molar-refractivity contribution in [3.63, 3.8) is 0 Å². The summed E-state index contributed by atoms with van der Waals surface area (Å²) in [6.07, 6.45) is 5.68. The van der Waals surface area contributed by atoms with Crippen LogP contribution >= 0.6 is 0 Å². The maximum Gasteiger partial charge on any atom is 0.0705 e. The minimum atomic E-state index is 0.578. The molecule has 0 fully saturated rings. The molecule has 2 heterocycles. The first-order valence-corrected chi connectivity index (χ1v) is 8.79. The molecule has 2 aromatic heterocycles. The summed E-state index contributed by atoms with van der Waals surface area (Å²) in [7, 11) is 4.36. The van der Waals surface area contributed by atoms with E-state index in [2.05, 4.69) is 72.4 Å². The summed E-state index contributed by atoms with van der Waals surface area (Å²) in [5.41, 5.74) is 5.88. The van der Waals surface area contributed by atoms with Gasteiger partial charge in [0.2, 0.25) is 0 Å². The number of benzene rings is 1. The molecule has 0 spiro atoms. The summed E-state index contributed by atoms with van der Waals surface area (Å²) in [6, 6.07) is 13.4. The number of fused-ring (bicyclic) bond motifs is 1. The lowest BCUT2D eigenvalue weighted by Gasteiger charge is -2.23. The average molecular weight is 321 g/mol. The molecule has 0 saturated carbocycles. The number of aromatic nitrogens is 2. The number of hydrogen-bond acceptors (Lipinski definition) is 2. The Morgan fingerprint density at radius 2 is 2.00 bits per heavy atom. The largest absolute Gasteiger partial charge is 0.361 e. The predicted octanol–water partition coefficient (Wildman–Crippen LogP) is 4.81. The van der Waals surface area contributed by atoms with Gasteiger partial charge in [-0.15, -0.1) is 0 Å². The van der Waals surface area contributed by atoms with Crippen molar-refractivity contribution in [3.05, 3.63) is 53.9 Å². The van der Waals surface area contributed by atoms with Gasteiger partial charge in [-0.2, -0.15) is 0 Å². The fourth-order valence-corrected chi connectivity index (χ4v) is 3.34. The fraction of sp³-hybridized carbons (Fsp3) is 0.381. The van der Waals surface area contributed by atoms with Gasteiger partial charge < -0.3 is 9.88 Å². The van der Waals surface area contributed by atoms with Gasteiger partial charge in [-0.25, -0.2) is 0 Å². The zero-order chi connectivity index (χ0) is 17.1. The van der Waals surface area contributed by atoms with E-state index in [1.807, 2.05) is 13.0 Å². The van der Waals surface area contributed by atoms with Crippen LogP contribution in [0.5, 0.6) is 0 Å². The number of rotatable bonds is 6. The molecular formula is C21H27N3. The van der Waals surface area contributed by atoms with Crippen molar-refractivity contribution in [3.8, 4) is 11.3 Å². The number of hydrogen-bond donors (Lipinski definition) is 1. The molecule has 1 aromatic carbocycles. The molecule has 0 aliphatic rings. The lowest BCUT2D eigenvalue weighted by molar-refractivity contribution is 0.275. The van der Waals surface area contributed by atoms with Crippen LogP contribution in [-0.2, 0) is 6.42 Å². The van der Waals surface area contributed by atoms with Crippen molar-refractivity contribution in [2.45, 2.75) is 39.2 Å². The third-order valence-electron chi connectivity index (χ3n) is 4.76. The minimum Gasteiger partial charge on any atom is -0.361 e. The quantitative estimate of drug-likeness (QED) is 0.706. The molecular weight excluding hydrogens is 294 g/mol. The molecule has 3 heteroatoms.